The van der Waals surface area contributed by atoms with Crippen molar-refractivity contribution < 1.29 is 4.92 Å². The molecule has 2 aromatic carbocycles. The molecule has 0 radical (unpaired) electrons. The molecule has 0 bridgehead atoms. The highest BCUT2D eigenvalue weighted by Gasteiger charge is 2.33. The van der Waals surface area contributed by atoms with Gasteiger partial charge >= 0.3 is 0 Å². The fourth-order valence-corrected chi connectivity index (χ4v) is 2.81. The first-order valence-corrected chi connectivity index (χ1v) is 7.69. The van der Waals surface area contributed by atoms with Crippen molar-refractivity contribution in [3.05, 3.63) is 68.7 Å². The first kappa shape index (κ1) is 14.1. The molecule has 0 spiro atoms. The zero-order chi connectivity index (χ0) is 14.8. The van der Waals surface area contributed by atoms with Gasteiger partial charge in [-0.15, -0.1) is 0 Å². The Balaban J connectivity index is 1.96. The molecule has 21 heavy (non-hydrogen) atoms. The third-order valence-corrected chi connectivity index (χ3v) is 4.12. The summed E-state index contributed by atoms with van der Waals surface area (Å²) in [5, 5.41) is 11.3. The zero-order valence-corrected chi connectivity index (χ0v) is 13.0. The van der Waals surface area contributed by atoms with Gasteiger partial charge in [-0.05, 0) is 30.5 Å². The lowest BCUT2D eigenvalue weighted by Gasteiger charge is -2.24. The Hall–Kier alpha value is -1.88. The average molecular weight is 347 g/mol. The van der Waals surface area contributed by atoms with Gasteiger partial charge in [0.15, 0.2) is 0 Å². The van der Waals surface area contributed by atoms with Crippen molar-refractivity contribution in [3.63, 3.8) is 0 Å². The predicted molar refractivity (Wildman–Crippen MR) is 86.4 cm³/mol. The van der Waals surface area contributed by atoms with E-state index in [0.29, 0.717) is 18.3 Å². The van der Waals surface area contributed by atoms with Crippen LogP contribution in [0.4, 0.5) is 11.4 Å². The Labute approximate surface area is 131 Å². The summed E-state index contributed by atoms with van der Waals surface area (Å²) in [5.41, 5.74) is 2.03. The number of nitro benzene ring substituents is 1. The third-order valence-electron chi connectivity index (χ3n) is 3.63. The van der Waals surface area contributed by atoms with Crippen LogP contribution >= 0.6 is 15.9 Å². The van der Waals surface area contributed by atoms with Gasteiger partial charge in [0.25, 0.3) is 5.69 Å². The molecule has 4 nitrogen and oxygen atoms in total. The van der Waals surface area contributed by atoms with Gasteiger partial charge in [-0.3, -0.25) is 10.1 Å². The molecule has 0 saturated heterocycles. The van der Waals surface area contributed by atoms with Crippen LogP contribution in [-0.2, 0) is 6.54 Å². The van der Waals surface area contributed by atoms with Crippen LogP contribution in [0.5, 0.6) is 0 Å². The van der Waals surface area contributed by atoms with E-state index >= 15 is 0 Å². The lowest BCUT2D eigenvalue weighted by molar-refractivity contribution is -0.384. The Morgan fingerprint density at radius 2 is 1.90 bits per heavy atom. The van der Waals surface area contributed by atoms with Crippen LogP contribution in [0.15, 0.2) is 53.0 Å². The highest BCUT2D eigenvalue weighted by Crippen LogP contribution is 2.39. The normalized spacial score (nSPS) is 14.0. The van der Waals surface area contributed by atoms with E-state index < -0.39 is 0 Å². The first-order valence-electron chi connectivity index (χ1n) is 6.89. The Bertz CT molecular complexity index is 657. The average Bonchev–Trinajstić information content (AvgIpc) is 3.31. The molecule has 0 N–H and O–H groups in total. The molecule has 0 atom stereocenters. The highest BCUT2D eigenvalue weighted by atomic mass is 79.9. The summed E-state index contributed by atoms with van der Waals surface area (Å²) in [4.78, 5) is 13.2. The van der Waals surface area contributed by atoms with E-state index in [1.165, 1.54) is 5.56 Å². The van der Waals surface area contributed by atoms with E-state index in [-0.39, 0.29) is 10.6 Å². The molecule has 0 heterocycles. The molecular weight excluding hydrogens is 332 g/mol. The van der Waals surface area contributed by atoms with Crippen LogP contribution in [0.1, 0.15) is 18.4 Å². The minimum absolute atomic E-state index is 0.159. The smallest absolute Gasteiger partial charge is 0.293 e. The van der Waals surface area contributed by atoms with E-state index in [1.807, 2.05) is 30.3 Å². The standard InChI is InChI=1S/C16H15BrN2O2/c17-13-6-9-15(16(10-13)19(20)21)18(14-7-8-14)11-12-4-2-1-3-5-12/h1-6,9-10,14H,7-8,11H2. The second-order valence-electron chi connectivity index (χ2n) is 5.23. The predicted octanol–water partition coefficient (Wildman–Crippen LogP) is 4.53. The second-order valence-corrected chi connectivity index (χ2v) is 6.15. The quantitative estimate of drug-likeness (QED) is 0.590. The summed E-state index contributed by atoms with van der Waals surface area (Å²) in [7, 11) is 0. The van der Waals surface area contributed by atoms with Crippen LogP contribution in [-0.4, -0.2) is 11.0 Å². The number of hydrogen-bond acceptors (Lipinski definition) is 3. The summed E-state index contributed by atoms with van der Waals surface area (Å²) in [5.74, 6) is 0. The maximum absolute atomic E-state index is 11.3. The van der Waals surface area contributed by atoms with E-state index in [1.54, 1.807) is 6.07 Å². The molecule has 108 valence electrons. The Morgan fingerprint density at radius 3 is 2.52 bits per heavy atom. The zero-order valence-electron chi connectivity index (χ0n) is 11.4. The molecule has 1 aliphatic carbocycles. The molecule has 5 heteroatoms. The number of anilines is 1. The SMILES string of the molecule is O=[N+]([O-])c1cc(Br)ccc1N(Cc1ccccc1)C1CC1. The van der Waals surface area contributed by atoms with Gasteiger partial charge in [-0.2, -0.15) is 0 Å². The minimum Gasteiger partial charge on any atom is -0.359 e. The van der Waals surface area contributed by atoms with Gasteiger partial charge in [-0.1, -0.05) is 46.3 Å². The molecule has 0 unspecified atom stereocenters. The van der Waals surface area contributed by atoms with Crippen molar-refractivity contribution in [2.75, 3.05) is 4.90 Å². The van der Waals surface area contributed by atoms with Gasteiger partial charge in [-0.25, -0.2) is 0 Å². The van der Waals surface area contributed by atoms with Crippen molar-refractivity contribution in [2.45, 2.75) is 25.4 Å². The van der Waals surface area contributed by atoms with Crippen LogP contribution < -0.4 is 4.90 Å². The third kappa shape index (κ3) is 3.24. The van der Waals surface area contributed by atoms with Gasteiger partial charge in [0.1, 0.15) is 5.69 Å². The van der Waals surface area contributed by atoms with Crippen molar-refractivity contribution in [1.29, 1.82) is 0 Å². The van der Waals surface area contributed by atoms with Gasteiger partial charge < -0.3 is 4.90 Å². The van der Waals surface area contributed by atoms with Gasteiger partial charge in [0.05, 0.1) is 4.92 Å². The maximum atomic E-state index is 11.3. The van der Waals surface area contributed by atoms with E-state index in [9.17, 15) is 10.1 Å². The maximum Gasteiger partial charge on any atom is 0.293 e. The Kier molecular flexibility index (Phi) is 3.92. The highest BCUT2D eigenvalue weighted by molar-refractivity contribution is 9.10. The van der Waals surface area contributed by atoms with Crippen molar-refractivity contribution in [2.24, 2.45) is 0 Å². The molecule has 1 aliphatic rings. The summed E-state index contributed by atoms with van der Waals surface area (Å²) < 4.78 is 0.730. The topological polar surface area (TPSA) is 46.4 Å². The number of hydrogen-bond donors (Lipinski definition) is 0. The molecular formula is C16H15BrN2O2. The summed E-state index contributed by atoms with van der Waals surface area (Å²) >= 11 is 3.31. The number of halogens is 1. The van der Waals surface area contributed by atoms with Crippen molar-refractivity contribution in [1.82, 2.24) is 0 Å². The molecule has 1 fully saturated rings. The van der Waals surface area contributed by atoms with Crippen LogP contribution in [0.3, 0.4) is 0 Å². The van der Waals surface area contributed by atoms with Crippen LogP contribution in [0.2, 0.25) is 0 Å². The first-order chi connectivity index (χ1) is 10.1. The summed E-state index contributed by atoms with van der Waals surface area (Å²) in [6, 6.07) is 15.8. The van der Waals surface area contributed by atoms with Crippen molar-refractivity contribution >= 4 is 27.3 Å². The molecule has 0 aromatic heterocycles. The Morgan fingerprint density at radius 1 is 1.19 bits per heavy atom. The minimum atomic E-state index is -0.305. The number of nitro groups is 1. The number of nitrogens with zero attached hydrogens (tertiary/aromatic N) is 2. The van der Waals surface area contributed by atoms with Crippen LogP contribution in [0, 0.1) is 10.1 Å². The molecule has 3 rings (SSSR count). The largest absolute Gasteiger partial charge is 0.359 e. The molecule has 0 amide bonds. The van der Waals surface area contributed by atoms with Gasteiger partial charge in [0, 0.05) is 23.1 Å². The fourth-order valence-electron chi connectivity index (χ4n) is 2.46. The molecule has 2 aromatic rings. The molecule has 0 aliphatic heterocycles. The number of benzene rings is 2. The summed E-state index contributed by atoms with van der Waals surface area (Å²) in [6.07, 6.45) is 2.19. The van der Waals surface area contributed by atoms with Crippen LogP contribution in [0.25, 0.3) is 0 Å². The van der Waals surface area contributed by atoms with E-state index in [2.05, 4.69) is 33.0 Å². The lowest BCUT2D eigenvalue weighted by atomic mass is 10.1. The lowest BCUT2D eigenvalue weighted by Crippen LogP contribution is -2.25. The fraction of sp³-hybridized carbons (Fsp3) is 0.250. The summed E-state index contributed by atoms with van der Waals surface area (Å²) in [6.45, 7) is 0.702. The molecule has 1 saturated carbocycles. The number of rotatable bonds is 5. The monoisotopic (exact) mass is 346 g/mol. The second kappa shape index (κ2) is 5.85. The van der Waals surface area contributed by atoms with Gasteiger partial charge in [0.2, 0.25) is 0 Å². The van der Waals surface area contributed by atoms with E-state index in [4.69, 9.17) is 0 Å². The van der Waals surface area contributed by atoms with E-state index in [0.717, 1.165) is 17.3 Å². The van der Waals surface area contributed by atoms with Crippen molar-refractivity contribution in [3.8, 4) is 0 Å².